The quantitative estimate of drug-likeness (QED) is 0.790. The van der Waals surface area contributed by atoms with Crippen molar-refractivity contribution in [3.63, 3.8) is 0 Å². The molecule has 1 aromatic rings. The molecule has 0 saturated heterocycles. The average Bonchev–Trinajstić information content (AvgIpc) is 2.45. The number of amides is 1. The van der Waals surface area contributed by atoms with Gasteiger partial charge in [-0.2, -0.15) is 0 Å². The second-order valence-electron chi connectivity index (χ2n) is 5.27. The van der Waals surface area contributed by atoms with Gasteiger partial charge in [0, 0.05) is 11.9 Å². The number of rotatable bonds is 4. The van der Waals surface area contributed by atoms with Gasteiger partial charge in [0.2, 0.25) is 0 Å². The largest absolute Gasteiger partial charge is 0.352 e. The monoisotopic (exact) mass is 361 g/mol. The van der Waals surface area contributed by atoms with Crippen LogP contribution in [0.3, 0.4) is 0 Å². The van der Waals surface area contributed by atoms with Crippen LogP contribution in [0.2, 0.25) is 5.02 Å². The molecule has 1 fully saturated rings. The third kappa shape index (κ3) is 3.73. The number of hydrogen-bond donors (Lipinski definition) is 1. The van der Waals surface area contributed by atoms with Crippen LogP contribution in [-0.2, 0) is 0 Å². The first kappa shape index (κ1) is 15.8. The molecule has 1 N–H and O–H groups in total. The Kier molecular flexibility index (Phi) is 5.85. The molecule has 1 amide bonds. The Morgan fingerprint density at radius 1 is 1.35 bits per heavy atom. The van der Waals surface area contributed by atoms with Gasteiger partial charge < -0.3 is 5.32 Å². The summed E-state index contributed by atoms with van der Waals surface area (Å²) in [6.45, 7) is 0.583. The first-order valence-electron chi connectivity index (χ1n) is 6.91. The van der Waals surface area contributed by atoms with E-state index < -0.39 is 11.7 Å². The van der Waals surface area contributed by atoms with E-state index in [1.165, 1.54) is 37.5 Å². The van der Waals surface area contributed by atoms with Crippen LogP contribution >= 0.6 is 27.5 Å². The van der Waals surface area contributed by atoms with Crippen LogP contribution in [0.1, 0.15) is 36.0 Å². The van der Waals surface area contributed by atoms with Crippen LogP contribution in [0.5, 0.6) is 0 Å². The lowest BCUT2D eigenvalue weighted by Gasteiger charge is -2.30. The molecule has 1 aromatic carbocycles. The van der Waals surface area contributed by atoms with E-state index >= 15 is 0 Å². The zero-order valence-electron chi connectivity index (χ0n) is 11.2. The van der Waals surface area contributed by atoms with Gasteiger partial charge in [0.25, 0.3) is 5.91 Å². The van der Waals surface area contributed by atoms with Crippen LogP contribution in [0.4, 0.5) is 4.39 Å². The summed E-state index contributed by atoms with van der Waals surface area (Å²) in [7, 11) is 0. The average molecular weight is 363 g/mol. The van der Waals surface area contributed by atoms with Crippen LogP contribution in [0.15, 0.2) is 18.2 Å². The van der Waals surface area contributed by atoms with Gasteiger partial charge in [-0.05, 0) is 36.8 Å². The van der Waals surface area contributed by atoms with Gasteiger partial charge in [-0.3, -0.25) is 4.79 Å². The molecule has 20 heavy (non-hydrogen) atoms. The second-order valence-corrected chi connectivity index (χ2v) is 6.32. The normalized spacial score (nSPS) is 22.6. The van der Waals surface area contributed by atoms with E-state index in [4.69, 9.17) is 11.6 Å². The number of halogens is 3. The highest BCUT2D eigenvalue weighted by Gasteiger charge is 2.25. The lowest BCUT2D eigenvalue weighted by atomic mass is 9.80. The molecular weight excluding hydrogens is 345 g/mol. The standard InChI is InChI=1S/C15H18BrClFNO/c16-8-10-4-1-2-5-11(10)9-19-15(20)14-12(17)6-3-7-13(14)18/h3,6-7,10-11H,1-2,4-5,8-9H2,(H,19,20). The molecule has 0 spiro atoms. The van der Waals surface area contributed by atoms with Crippen LogP contribution in [0, 0.1) is 17.7 Å². The Hall–Kier alpha value is -0.610. The van der Waals surface area contributed by atoms with E-state index in [0.717, 1.165) is 11.8 Å². The molecule has 0 radical (unpaired) electrons. The fourth-order valence-electron chi connectivity index (χ4n) is 2.78. The van der Waals surface area contributed by atoms with Crippen molar-refractivity contribution < 1.29 is 9.18 Å². The van der Waals surface area contributed by atoms with Gasteiger partial charge in [0.05, 0.1) is 10.6 Å². The van der Waals surface area contributed by atoms with Gasteiger partial charge in [-0.15, -0.1) is 0 Å². The molecule has 2 rings (SSSR count). The van der Waals surface area contributed by atoms with Crippen LogP contribution in [-0.4, -0.2) is 17.8 Å². The van der Waals surface area contributed by atoms with Crippen molar-refractivity contribution in [1.29, 1.82) is 0 Å². The molecule has 1 saturated carbocycles. The minimum absolute atomic E-state index is 0.0552. The molecule has 0 aromatic heterocycles. The van der Waals surface area contributed by atoms with Gasteiger partial charge in [-0.1, -0.05) is 46.4 Å². The fourth-order valence-corrected chi connectivity index (χ4v) is 3.88. The van der Waals surface area contributed by atoms with Gasteiger partial charge in [0.1, 0.15) is 5.82 Å². The number of hydrogen-bond acceptors (Lipinski definition) is 1. The molecule has 110 valence electrons. The summed E-state index contributed by atoms with van der Waals surface area (Å²) < 4.78 is 13.7. The van der Waals surface area contributed by atoms with E-state index in [-0.39, 0.29) is 10.6 Å². The highest BCUT2D eigenvalue weighted by molar-refractivity contribution is 9.09. The number of carbonyl (C=O) groups excluding carboxylic acids is 1. The van der Waals surface area contributed by atoms with Gasteiger partial charge >= 0.3 is 0 Å². The van der Waals surface area contributed by atoms with Crippen molar-refractivity contribution in [3.8, 4) is 0 Å². The van der Waals surface area contributed by atoms with Crippen molar-refractivity contribution >= 4 is 33.4 Å². The summed E-state index contributed by atoms with van der Waals surface area (Å²) >= 11 is 9.43. The zero-order chi connectivity index (χ0) is 14.5. The molecular formula is C15H18BrClFNO. The van der Waals surface area contributed by atoms with E-state index in [1.807, 2.05) is 0 Å². The fraction of sp³-hybridized carbons (Fsp3) is 0.533. The Morgan fingerprint density at radius 3 is 2.70 bits per heavy atom. The molecule has 5 heteroatoms. The van der Waals surface area contributed by atoms with Gasteiger partial charge in [0.15, 0.2) is 0 Å². The van der Waals surface area contributed by atoms with E-state index in [2.05, 4.69) is 21.2 Å². The maximum absolute atomic E-state index is 13.7. The highest BCUT2D eigenvalue weighted by atomic mass is 79.9. The molecule has 0 bridgehead atoms. The topological polar surface area (TPSA) is 29.1 Å². The molecule has 2 nitrogen and oxygen atoms in total. The minimum Gasteiger partial charge on any atom is -0.352 e. The van der Waals surface area contributed by atoms with Crippen molar-refractivity contribution in [2.75, 3.05) is 11.9 Å². The Morgan fingerprint density at radius 2 is 2.05 bits per heavy atom. The Balaban J connectivity index is 1.98. The summed E-state index contributed by atoms with van der Waals surface area (Å²) in [6.07, 6.45) is 4.75. The molecule has 2 atom stereocenters. The lowest BCUT2D eigenvalue weighted by Crippen LogP contribution is -2.35. The number of benzene rings is 1. The predicted octanol–water partition coefficient (Wildman–Crippen LogP) is 4.41. The van der Waals surface area contributed by atoms with Gasteiger partial charge in [-0.25, -0.2) is 4.39 Å². The smallest absolute Gasteiger partial charge is 0.255 e. The zero-order valence-corrected chi connectivity index (χ0v) is 13.5. The maximum atomic E-state index is 13.7. The summed E-state index contributed by atoms with van der Waals surface area (Å²) in [5, 5.41) is 3.94. The molecule has 1 aliphatic rings. The van der Waals surface area contributed by atoms with E-state index in [9.17, 15) is 9.18 Å². The van der Waals surface area contributed by atoms with Crippen molar-refractivity contribution in [2.24, 2.45) is 11.8 Å². The molecule has 0 heterocycles. The summed E-state index contributed by atoms with van der Waals surface area (Å²) in [4.78, 5) is 12.1. The lowest BCUT2D eigenvalue weighted by molar-refractivity contribution is 0.0933. The van der Waals surface area contributed by atoms with E-state index in [0.29, 0.717) is 18.4 Å². The predicted molar refractivity (Wildman–Crippen MR) is 83.0 cm³/mol. The second kappa shape index (κ2) is 7.41. The van der Waals surface area contributed by atoms with Crippen molar-refractivity contribution in [1.82, 2.24) is 5.32 Å². The highest BCUT2D eigenvalue weighted by Crippen LogP contribution is 2.31. The van der Waals surface area contributed by atoms with Crippen LogP contribution < -0.4 is 5.32 Å². The Bertz CT molecular complexity index is 463. The molecule has 0 aliphatic heterocycles. The van der Waals surface area contributed by atoms with Crippen molar-refractivity contribution in [3.05, 3.63) is 34.6 Å². The van der Waals surface area contributed by atoms with Crippen molar-refractivity contribution in [2.45, 2.75) is 25.7 Å². The van der Waals surface area contributed by atoms with Crippen LogP contribution in [0.25, 0.3) is 0 Å². The third-order valence-corrected chi connectivity index (χ3v) is 5.13. The maximum Gasteiger partial charge on any atom is 0.255 e. The third-order valence-electron chi connectivity index (χ3n) is 3.98. The summed E-state index contributed by atoms with van der Waals surface area (Å²) in [5.41, 5.74) is -0.0552. The molecule has 1 aliphatic carbocycles. The first-order valence-corrected chi connectivity index (χ1v) is 8.41. The number of nitrogens with one attached hydrogen (secondary N) is 1. The minimum atomic E-state index is -0.573. The number of carbonyl (C=O) groups is 1. The number of alkyl halides is 1. The van der Waals surface area contributed by atoms with E-state index in [1.54, 1.807) is 0 Å². The summed E-state index contributed by atoms with van der Waals surface area (Å²) in [6, 6.07) is 4.28. The SMILES string of the molecule is O=C(NCC1CCCCC1CBr)c1c(F)cccc1Cl. The molecule has 2 unspecified atom stereocenters. The Labute approximate surface area is 132 Å². The summed E-state index contributed by atoms with van der Waals surface area (Å²) in [5.74, 6) is 0.0421. The first-order chi connectivity index (χ1) is 9.63.